The highest BCUT2D eigenvalue weighted by Crippen LogP contribution is 2.35. The molecule has 78 valence electrons. The molecule has 0 radical (unpaired) electrons. The van der Waals surface area contributed by atoms with Crippen LogP contribution in [0.1, 0.15) is 12.5 Å². The molecular weight excluding hydrogens is 272 g/mol. The molecule has 2 heteroatoms. The van der Waals surface area contributed by atoms with Gasteiger partial charge in [0.25, 0.3) is 0 Å². The van der Waals surface area contributed by atoms with Crippen LogP contribution in [0.15, 0.2) is 42.5 Å². The molecule has 2 unspecified atom stereocenters. The van der Waals surface area contributed by atoms with Crippen LogP contribution < -0.4 is 0 Å². The van der Waals surface area contributed by atoms with Crippen molar-refractivity contribution in [3.63, 3.8) is 0 Å². The van der Waals surface area contributed by atoms with Crippen molar-refractivity contribution < 1.29 is 0 Å². The molecule has 0 bridgehead atoms. The summed E-state index contributed by atoms with van der Waals surface area (Å²) in [5.41, 5.74) is 2.38. The maximum Gasteiger partial charge on any atom is 0.0481 e. The molecule has 1 aromatic carbocycles. The van der Waals surface area contributed by atoms with Crippen molar-refractivity contribution in [1.82, 2.24) is 0 Å². The van der Waals surface area contributed by atoms with Gasteiger partial charge in [-0.3, -0.25) is 0 Å². The van der Waals surface area contributed by atoms with Gasteiger partial charge in [0.2, 0.25) is 0 Å². The van der Waals surface area contributed by atoms with Gasteiger partial charge >= 0.3 is 0 Å². The number of benzene rings is 1. The van der Waals surface area contributed by atoms with E-state index in [2.05, 4.69) is 47.1 Å². The average molecular weight is 284 g/mol. The van der Waals surface area contributed by atoms with E-state index in [0.717, 1.165) is 10.6 Å². The Labute approximate surface area is 104 Å². The second-order valence-electron chi connectivity index (χ2n) is 3.75. The van der Waals surface area contributed by atoms with Crippen molar-refractivity contribution in [3.05, 3.63) is 53.1 Å². The number of allylic oxidation sites excluding steroid dienone is 4. The van der Waals surface area contributed by atoms with E-state index in [1.54, 1.807) is 0 Å². The Bertz CT molecular complexity index is 420. The molecule has 0 saturated carbocycles. The van der Waals surface area contributed by atoms with Gasteiger partial charge in [0.1, 0.15) is 0 Å². The summed E-state index contributed by atoms with van der Waals surface area (Å²) in [6.45, 7) is 2.19. The summed E-state index contributed by atoms with van der Waals surface area (Å²) in [6, 6.07) is 7.97. The van der Waals surface area contributed by atoms with Gasteiger partial charge in [-0.05, 0) is 23.1 Å². The molecule has 0 N–H and O–H groups in total. The first-order chi connectivity index (χ1) is 7.20. The lowest BCUT2D eigenvalue weighted by Crippen LogP contribution is -2.13. The van der Waals surface area contributed by atoms with Crippen molar-refractivity contribution >= 4 is 33.1 Å². The Morgan fingerprint density at radius 1 is 1.27 bits per heavy atom. The molecule has 1 aliphatic carbocycles. The Balaban J connectivity index is 2.43. The summed E-state index contributed by atoms with van der Waals surface area (Å²) < 4.78 is 0. The van der Waals surface area contributed by atoms with Crippen LogP contribution in [0.2, 0.25) is 5.02 Å². The minimum absolute atomic E-state index is 0.349. The highest BCUT2D eigenvalue weighted by molar-refractivity contribution is 9.09. The van der Waals surface area contributed by atoms with Crippen molar-refractivity contribution in [3.8, 4) is 0 Å². The normalized spacial score (nSPS) is 25.1. The molecule has 0 nitrogen and oxygen atoms in total. The zero-order valence-electron chi connectivity index (χ0n) is 8.45. The highest BCUT2D eigenvalue weighted by atomic mass is 79.9. The van der Waals surface area contributed by atoms with Crippen LogP contribution in [0.5, 0.6) is 0 Å². The first-order valence-corrected chi connectivity index (χ1v) is 6.27. The zero-order valence-corrected chi connectivity index (χ0v) is 10.8. The van der Waals surface area contributed by atoms with Gasteiger partial charge in [-0.25, -0.2) is 0 Å². The molecule has 1 aliphatic rings. The van der Waals surface area contributed by atoms with E-state index >= 15 is 0 Å². The molecule has 2 rings (SSSR count). The van der Waals surface area contributed by atoms with Gasteiger partial charge in [0.15, 0.2) is 0 Å². The quantitative estimate of drug-likeness (QED) is 0.656. The number of halogens is 2. The minimum atomic E-state index is 0.349. The largest absolute Gasteiger partial charge is 0.0837 e. The SMILES string of the molecule is CC1C=CC=C(c2ccccc2Cl)C1Br. The standard InChI is InChI=1S/C13H12BrCl/c1-9-5-4-7-11(13(9)14)10-6-2-3-8-12(10)15/h2-9,13H,1H3. The summed E-state index contributed by atoms with van der Waals surface area (Å²) >= 11 is 9.90. The number of alkyl halides is 1. The topological polar surface area (TPSA) is 0 Å². The van der Waals surface area contributed by atoms with Gasteiger partial charge in [0.05, 0.1) is 0 Å². The van der Waals surface area contributed by atoms with Crippen LogP contribution in [0, 0.1) is 5.92 Å². The number of hydrogen-bond acceptors (Lipinski definition) is 0. The maximum absolute atomic E-state index is 6.18. The molecule has 0 saturated heterocycles. The van der Waals surface area contributed by atoms with E-state index in [1.807, 2.05) is 18.2 Å². The molecule has 0 aromatic heterocycles. The molecule has 0 spiro atoms. The molecule has 0 aliphatic heterocycles. The van der Waals surface area contributed by atoms with Gasteiger partial charge in [0, 0.05) is 9.85 Å². The predicted octanol–water partition coefficient (Wildman–Crippen LogP) is 4.69. The number of hydrogen-bond donors (Lipinski definition) is 0. The predicted molar refractivity (Wildman–Crippen MR) is 70.4 cm³/mol. The lowest BCUT2D eigenvalue weighted by atomic mass is 9.91. The third-order valence-electron chi connectivity index (χ3n) is 2.63. The lowest BCUT2D eigenvalue weighted by molar-refractivity contribution is 0.773. The molecule has 0 fully saturated rings. The third-order valence-corrected chi connectivity index (χ3v) is 4.29. The molecule has 2 atom stereocenters. The zero-order chi connectivity index (χ0) is 10.8. The van der Waals surface area contributed by atoms with Crippen LogP contribution >= 0.6 is 27.5 Å². The van der Waals surface area contributed by atoms with Gasteiger partial charge in [-0.1, -0.05) is 70.9 Å². The Morgan fingerprint density at radius 3 is 2.73 bits per heavy atom. The van der Waals surface area contributed by atoms with Crippen molar-refractivity contribution in [1.29, 1.82) is 0 Å². The minimum Gasteiger partial charge on any atom is -0.0837 e. The lowest BCUT2D eigenvalue weighted by Gasteiger charge is -2.22. The van der Waals surface area contributed by atoms with Crippen molar-refractivity contribution in [2.75, 3.05) is 0 Å². The molecule has 1 aromatic rings. The molecule has 15 heavy (non-hydrogen) atoms. The first-order valence-electron chi connectivity index (χ1n) is 4.97. The highest BCUT2D eigenvalue weighted by Gasteiger charge is 2.21. The van der Waals surface area contributed by atoms with Gasteiger partial charge in [-0.2, -0.15) is 0 Å². The molecule has 0 amide bonds. The van der Waals surface area contributed by atoms with Crippen LogP contribution in [0.4, 0.5) is 0 Å². The Morgan fingerprint density at radius 2 is 2.00 bits per heavy atom. The molecule has 0 heterocycles. The summed E-state index contributed by atoms with van der Waals surface area (Å²) in [5.74, 6) is 0.501. The van der Waals surface area contributed by atoms with Gasteiger partial charge in [-0.15, -0.1) is 0 Å². The molecular formula is C13H12BrCl. The van der Waals surface area contributed by atoms with Crippen LogP contribution in [0.25, 0.3) is 5.57 Å². The van der Waals surface area contributed by atoms with Crippen LogP contribution in [-0.4, -0.2) is 4.83 Å². The van der Waals surface area contributed by atoms with E-state index in [4.69, 9.17) is 11.6 Å². The average Bonchev–Trinajstić information content (AvgIpc) is 2.23. The fourth-order valence-electron chi connectivity index (χ4n) is 1.74. The van der Waals surface area contributed by atoms with E-state index in [0.29, 0.717) is 10.7 Å². The van der Waals surface area contributed by atoms with E-state index in [-0.39, 0.29) is 0 Å². The second kappa shape index (κ2) is 4.54. The van der Waals surface area contributed by atoms with E-state index in [1.165, 1.54) is 5.57 Å². The summed E-state index contributed by atoms with van der Waals surface area (Å²) in [5, 5.41) is 0.815. The van der Waals surface area contributed by atoms with Crippen molar-refractivity contribution in [2.24, 2.45) is 5.92 Å². The van der Waals surface area contributed by atoms with Gasteiger partial charge < -0.3 is 0 Å². The fourth-order valence-corrected chi connectivity index (χ4v) is 2.56. The Hall–Kier alpha value is -0.530. The van der Waals surface area contributed by atoms with Crippen molar-refractivity contribution in [2.45, 2.75) is 11.8 Å². The third kappa shape index (κ3) is 2.19. The number of rotatable bonds is 1. The maximum atomic E-state index is 6.18. The summed E-state index contributed by atoms with van der Waals surface area (Å²) in [6.07, 6.45) is 6.42. The van der Waals surface area contributed by atoms with E-state index in [9.17, 15) is 0 Å². The Kier molecular flexibility index (Phi) is 3.32. The van der Waals surface area contributed by atoms with E-state index < -0.39 is 0 Å². The second-order valence-corrected chi connectivity index (χ2v) is 5.14. The smallest absolute Gasteiger partial charge is 0.0481 e. The van der Waals surface area contributed by atoms with Crippen LogP contribution in [-0.2, 0) is 0 Å². The fraction of sp³-hybridized carbons (Fsp3) is 0.231. The first kappa shape index (κ1) is 11.0. The summed E-state index contributed by atoms with van der Waals surface area (Å²) in [7, 11) is 0. The summed E-state index contributed by atoms with van der Waals surface area (Å²) in [4.78, 5) is 0.349. The van der Waals surface area contributed by atoms with Crippen LogP contribution in [0.3, 0.4) is 0 Å². The monoisotopic (exact) mass is 282 g/mol.